The van der Waals surface area contributed by atoms with Crippen LogP contribution < -0.4 is 10.6 Å². The van der Waals surface area contributed by atoms with Crippen LogP contribution in [0.15, 0.2) is 29.5 Å². The molecule has 0 radical (unpaired) electrons. The molecule has 8 heteroatoms. The summed E-state index contributed by atoms with van der Waals surface area (Å²) in [6, 6.07) is 5.42. The zero-order chi connectivity index (χ0) is 19.6. The monoisotopic (exact) mass is 373 g/mol. The lowest BCUT2D eigenvalue weighted by Crippen LogP contribution is -2.31. The Morgan fingerprint density at radius 3 is 2.70 bits per heavy atom. The first-order chi connectivity index (χ1) is 12.9. The Morgan fingerprint density at radius 1 is 1.33 bits per heavy atom. The largest absolute Gasteiger partial charge is 0.466 e. The van der Waals surface area contributed by atoms with Crippen molar-refractivity contribution in [3.8, 4) is 0 Å². The molecule has 0 unspecified atom stereocenters. The van der Waals surface area contributed by atoms with Crippen LogP contribution in [-0.4, -0.2) is 60.6 Å². The maximum absolute atomic E-state index is 12.6. The fraction of sp³-hybridized carbons (Fsp3) is 0.421. The predicted molar refractivity (Wildman–Crippen MR) is 98.0 cm³/mol. The van der Waals surface area contributed by atoms with Crippen molar-refractivity contribution < 1.29 is 24.2 Å². The summed E-state index contributed by atoms with van der Waals surface area (Å²) >= 11 is 0. The molecule has 1 fully saturated rings. The van der Waals surface area contributed by atoms with E-state index < -0.39 is 11.9 Å². The second-order valence-corrected chi connectivity index (χ2v) is 6.70. The number of nitrogens with zero attached hydrogens (tertiary/aromatic N) is 1. The summed E-state index contributed by atoms with van der Waals surface area (Å²) in [7, 11) is 1.25. The van der Waals surface area contributed by atoms with E-state index in [-0.39, 0.29) is 42.9 Å². The summed E-state index contributed by atoms with van der Waals surface area (Å²) in [4.78, 5) is 38.4. The fourth-order valence-electron chi connectivity index (χ4n) is 2.88. The van der Waals surface area contributed by atoms with Gasteiger partial charge in [-0.25, -0.2) is 4.79 Å². The van der Waals surface area contributed by atoms with Crippen LogP contribution in [0.1, 0.15) is 28.8 Å². The van der Waals surface area contributed by atoms with Crippen LogP contribution in [0, 0.1) is 6.92 Å². The van der Waals surface area contributed by atoms with Gasteiger partial charge in [0.05, 0.1) is 25.8 Å². The minimum Gasteiger partial charge on any atom is -0.466 e. The van der Waals surface area contributed by atoms with Crippen molar-refractivity contribution >= 4 is 23.5 Å². The van der Waals surface area contributed by atoms with E-state index in [9.17, 15) is 14.4 Å². The molecule has 0 spiro atoms. The molecule has 1 aliphatic heterocycles. The van der Waals surface area contributed by atoms with Gasteiger partial charge in [0.15, 0.2) is 0 Å². The molecule has 144 valence electrons. The Hall–Kier alpha value is -2.87. The van der Waals surface area contributed by atoms with Crippen LogP contribution >= 0.6 is 0 Å². The molecule has 0 bridgehead atoms. The van der Waals surface area contributed by atoms with E-state index in [1.54, 1.807) is 18.2 Å². The Labute approximate surface area is 157 Å². The number of anilines is 1. The quantitative estimate of drug-likeness (QED) is 0.603. The molecule has 3 N–H and O–H groups in total. The van der Waals surface area contributed by atoms with Gasteiger partial charge in [0, 0.05) is 23.8 Å². The number of hydrogen-bond acceptors (Lipinski definition) is 6. The standard InChI is InChI=1S/C19H23N3O5/c1-11-3-4-12(17(24)20-13-5-6-13)9-15(11)21-16-14(19(26)27-2)10-22(7-8-23)18(16)25/h3-4,9,13,21,23H,5-8,10H2,1-2H3,(H,20,24). The maximum Gasteiger partial charge on any atom is 0.337 e. The molecule has 1 saturated carbocycles. The van der Waals surface area contributed by atoms with E-state index in [4.69, 9.17) is 9.84 Å². The van der Waals surface area contributed by atoms with Gasteiger partial charge in [0.25, 0.3) is 11.8 Å². The lowest BCUT2D eigenvalue weighted by Gasteiger charge is -2.16. The molecule has 0 aromatic heterocycles. The van der Waals surface area contributed by atoms with E-state index in [1.165, 1.54) is 12.0 Å². The van der Waals surface area contributed by atoms with Crippen molar-refractivity contribution in [2.45, 2.75) is 25.8 Å². The van der Waals surface area contributed by atoms with Crippen LogP contribution in [-0.2, 0) is 14.3 Å². The van der Waals surface area contributed by atoms with E-state index in [2.05, 4.69) is 10.6 Å². The van der Waals surface area contributed by atoms with Crippen molar-refractivity contribution in [1.82, 2.24) is 10.2 Å². The smallest absolute Gasteiger partial charge is 0.337 e. The first-order valence-electron chi connectivity index (χ1n) is 8.84. The van der Waals surface area contributed by atoms with Gasteiger partial charge in [-0.2, -0.15) is 0 Å². The zero-order valence-electron chi connectivity index (χ0n) is 15.4. The predicted octanol–water partition coefficient (Wildman–Crippen LogP) is 0.561. The summed E-state index contributed by atoms with van der Waals surface area (Å²) in [5.41, 5.74) is 2.17. The molecule has 0 saturated heterocycles. The number of carbonyl (C=O) groups is 3. The second-order valence-electron chi connectivity index (χ2n) is 6.70. The van der Waals surface area contributed by atoms with E-state index in [1.807, 2.05) is 6.92 Å². The van der Waals surface area contributed by atoms with Crippen LogP contribution in [0.25, 0.3) is 0 Å². The summed E-state index contributed by atoms with van der Waals surface area (Å²) in [5.74, 6) is -1.16. The van der Waals surface area contributed by atoms with Gasteiger partial charge in [0.1, 0.15) is 5.70 Å². The number of amides is 2. The molecular weight excluding hydrogens is 350 g/mol. The van der Waals surface area contributed by atoms with Gasteiger partial charge in [-0.3, -0.25) is 9.59 Å². The molecule has 8 nitrogen and oxygen atoms in total. The third-order valence-corrected chi connectivity index (χ3v) is 4.63. The first kappa shape index (κ1) is 18.9. The highest BCUT2D eigenvalue weighted by Crippen LogP contribution is 2.26. The van der Waals surface area contributed by atoms with Crippen molar-refractivity contribution in [2.24, 2.45) is 0 Å². The van der Waals surface area contributed by atoms with Crippen LogP contribution in [0.3, 0.4) is 0 Å². The van der Waals surface area contributed by atoms with Crippen LogP contribution in [0.5, 0.6) is 0 Å². The number of aliphatic hydroxyl groups is 1. The average molecular weight is 373 g/mol. The minimum atomic E-state index is -0.605. The SMILES string of the molecule is COC(=O)C1=C(Nc2cc(C(=O)NC3CC3)ccc2C)C(=O)N(CCO)C1. The lowest BCUT2D eigenvalue weighted by atomic mass is 10.1. The molecule has 2 amide bonds. The average Bonchev–Trinajstić information content (AvgIpc) is 3.42. The van der Waals surface area contributed by atoms with Crippen LogP contribution in [0.4, 0.5) is 5.69 Å². The Kier molecular flexibility index (Phi) is 5.46. The molecule has 1 aromatic carbocycles. The summed E-state index contributed by atoms with van der Waals surface area (Å²) < 4.78 is 4.78. The number of β-amino-alcohol motifs (C(OH)–C–C–N with tert-alkyl or cyclic N) is 1. The van der Waals surface area contributed by atoms with Gasteiger partial charge >= 0.3 is 5.97 Å². The van der Waals surface area contributed by atoms with E-state index >= 15 is 0 Å². The number of nitrogens with one attached hydrogen (secondary N) is 2. The number of esters is 1. The molecule has 2 aliphatic rings. The topological polar surface area (TPSA) is 108 Å². The third kappa shape index (κ3) is 4.11. The number of hydrogen-bond donors (Lipinski definition) is 3. The highest BCUT2D eigenvalue weighted by molar-refractivity contribution is 6.08. The Morgan fingerprint density at radius 2 is 2.07 bits per heavy atom. The highest BCUT2D eigenvalue weighted by Gasteiger charge is 2.34. The third-order valence-electron chi connectivity index (χ3n) is 4.63. The molecule has 3 rings (SSSR count). The van der Waals surface area contributed by atoms with Crippen molar-refractivity contribution in [3.05, 3.63) is 40.6 Å². The van der Waals surface area contributed by atoms with E-state index in [0.29, 0.717) is 11.3 Å². The van der Waals surface area contributed by atoms with Gasteiger partial charge in [0.2, 0.25) is 0 Å². The van der Waals surface area contributed by atoms with Gasteiger partial charge in [-0.1, -0.05) is 6.07 Å². The first-order valence-corrected chi connectivity index (χ1v) is 8.84. The maximum atomic E-state index is 12.6. The van der Waals surface area contributed by atoms with Gasteiger partial charge in [-0.05, 0) is 37.5 Å². The fourth-order valence-corrected chi connectivity index (χ4v) is 2.88. The minimum absolute atomic E-state index is 0.0648. The van der Waals surface area contributed by atoms with Crippen molar-refractivity contribution in [1.29, 1.82) is 0 Å². The highest BCUT2D eigenvalue weighted by atomic mass is 16.5. The van der Waals surface area contributed by atoms with Gasteiger partial charge < -0.3 is 25.4 Å². The van der Waals surface area contributed by atoms with Crippen LogP contribution in [0.2, 0.25) is 0 Å². The number of aryl methyl sites for hydroxylation is 1. The lowest BCUT2D eigenvalue weighted by molar-refractivity contribution is -0.136. The molecule has 0 atom stereocenters. The zero-order valence-corrected chi connectivity index (χ0v) is 15.4. The molecule has 27 heavy (non-hydrogen) atoms. The van der Waals surface area contributed by atoms with Crippen molar-refractivity contribution in [3.63, 3.8) is 0 Å². The number of benzene rings is 1. The van der Waals surface area contributed by atoms with E-state index in [0.717, 1.165) is 18.4 Å². The molecular formula is C19H23N3O5. The second kappa shape index (κ2) is 7.79. The number of ether oxygens (including phenoxy) is 1. The molecule has 1 aromatic rings. The number of carbonyl (C=O) groups excluding carboxylic acids is 3. The number of rotatable bonds is 7. The number of aliphatic hydroxyl groups excluding tert-OH is 1. The molecule has 1 heterocycles. The molecule has 1 aliphatic carbocycles. The summed E-state index contributed by atoms with van der Waals surface area (Å²) in [6.45, 7) is 1.82. The summed E-state index contributed by atoms with van der Waals surface area (Å²) in [5, 5.41) is 15.1. The Bertz CT molecular complexity index is 814. The number of methoxy groups -OCH3 is 1. The summed E-state index contributed by atoms with van der Waals surface area (Å²) in [6.07, 6.45) is 1.99. The Balaban J connectivity index is 1.87. The normalized spacial score (nSPS) is 16.6. The van der Waals surface area contributed by atoms with Gasteiger partial charge in [-0.15, -0.1) is 0 Å². The van der Waals surface area contributed by atoms with Crippen molar-refractivity contribution in [2.75, 3.05) is 32.1 Å².